The number of carbonyl (C=O) groups is 1. The third-order valence-electron chi connectivity index (χ3n) is 2.32. The molecule has 8 nitrogen and oxygen atoms in total. The van der Waals surface area contributed by atoms with Crippen LogP contribution in [-0.2, 0) is 14.3 Å². The van der Waals surface area contributed by atoms with Crippen molar-refractivity contribution in [3.05, 3.63) is 10.4 Å². The molecule has 1 aliphatic rings. The van der Waals surface area contributed by atoms with Gasteiger partial charge >= 0.3 is 5.97 Å². The number of nitrogens with two attached hydrogens (primary N) is 1. The second kappa shape index (κ2) is 5.78. The molecule has 5 atom stereocenters. The Morgan fingerprint density at radius 2 is 2.41 bits per heavy atom. The van der Waals surface area contributed by atoms with E-state index in [2.05, 4.69) is 10.0 Å². The van der Waals surface area contributed by atoms with Gasteiger partial charge in [-0.25, -0.2) is 4.39 Å². The molecule has 0 amide bonds. The fourth-order valence-electron chi connectivity index (χ4n) is 1.53. The number of hydrogen-bond donors (Lipinski definition) is 2. The molecule has 9 heteroatoms. The summed E-state index contributed by atoms with van der Waals surface area (Å²) in [5.74, 6) is -0.712. The normalized spacial score (nSPS) is 37.1. The monoisotopic (exact) mass is 248 g/mol. The molecule has 1 aliphatic heterocycles. The van der Waals surface area contributed by atoms with Gasteiger partial charge in [0.15, 0.2) is 18.6 Å². The summed E-state index contributed by atoms with van der Waals surface area (Å²) in [5, 5.41) is 12.5. The van der Waals surface area contributed by atoms with Crippen LogP contribution in [-0.4, -0.2) is 48.3 Å². The van der Waals surface area contributed by atoms with Crippen molar-refractivity contribution in [2.45, 2.75) is 37.6 Å². The van der Waals surface area contributed by atoms with Gasteiger partial charge in [0.05, 0.1) is 12.6 Å². The van der Waals surface area contributed by atoms with Crippen LogP contribution in [0.25, 0.3) is 10.4 Å². The van der Waals surface area contributed by atoms with E-state index in [-0.39, 0.29) is 6.54 Å². The fourth-order valence-corrected chi connectivity index (χ4v) is 1.53. The minimum absolute atomic E-state index is 0.265. The molecule has 0 aromatic rings. The summed E-state index contributed by atoms with van der Waals surface area (Å²) in [6, 6.07) is -1.32. The zero-order valence-electron chi connectivity index (χ0n) is 9.06. The lowest BCUT2D eigenvalue weighted by atomic mass is 9.98. The number of carbonyl (C=O) groups excluding carboxylic acids is 1. The first-order valence-corrected chi connectivity index (χ1v) is 4.88. The minimum atomic E-state index is -1.79. The summed E-state index contributed by atoms with van der Waals surface area (Å²) < 4.78 is 23.4. The van der Waals surface area contributed by atoms with Gasteiger partial charge in [-0.15, -0.1) is 0 Å². The van der Waals surface area contributed by atoms with Crippen LogP contribution in [0.1, 0.15) is 6.92 Å². The summed E-state index contributed by atoms with van der Waals surface area (Å²) in [6.45, 7) is 0.840. The van der Waals surface area contributed by atoms with Crippen molar-refractivity contribution < 1.29 is 23.8 Å². The number of aliphatic hydroxyl groups excluding tert-OH is 1. The quantitative estimate of drug-likeness (QED) is 0.304. The molecule has 0 unspecified atom stereocenters. The Balaban J connectivity index is 2.82. The van der Waals surface area contributed by atoms with Gasteiger partial charge in [0.25, 0.3) is 0 Å². The molecule has 1 heterocycles. The first kappa shape index (κ1) is 13.7. The largest absolute Gasteiger partial charge is 0.457 e. The van der Waals surface area contributed by atoms with Gasteiger partial charge in [-0.3, -0.25) is 4.79 Å². The molecule has 1 saturated heterocycles. The summed E-state index contributed by atoms with van der Waals surface area (Å²) >= 11 is 0. The van der Waals surface area contributed by atoms with Crippen molar-refractivity contribution in [2.24, 2.45) is 10.8 Å². The van der Waals surface area contributed by atoms with E-state index in [9.17, 15) is 14.3 Å². The molecule has 0 radical (unpaired) electrons. The van der Waals surface area contributed by atoms with E-state index >= 15 is 0 Å². The topological polar surface area (TPSA) is 131 Å². The van der Waals surface area contributed by atoms with E-state index in [0.717, 1.165) is 6.92 Å². The Bertz CT molecular complexity index is 335. The summed E-state index contributed by atoms with van der Waals surface area (Å²) in [6.07, 6.45) is -5.67. The lowest BCUT2D eigenvalue weighted by Gasteiger charge is -2.39. The Kier molecular flexibility index (Phi) is 4.64. The summed E-state index contributed by atoms with van der Waals surface area (Å²) in [4.78, 5) is 13.3. The van der Waals surface area contributed by atoms with Gasteiger partial charge in [-0.2, -0.15) is 0 Å². The van der Waals surface area contributed by atoms with Gasteiger partial charge in [0.2, 0.25) is 0 Å². The van der Waals surface area contributed by atoms with Crippen LogP contribution in [0.15, 0.2) is 5.11 Å². The molecule has 0 aromatic carbocycles. The van der Waals surface area contributed by atoms with E-state index in [1.165, 1.54) is 0 Å². The minimum Gasteiger partial charge on any atom is -0.457 e. The highest BCUT2D eigenvalue weighted by molar-refractivity contribution is 5.66. The van der Waals surface area contributed by atoms with Crippen LogP contribution in [0, 0.1) is 0 Å². The van der Waals surface area contributed by atoms with Crippen LogP contribution in [0.3, 0.4) is 0 Å². The number of azide groups is 1. The molecule has 1 fully saturated rings. The van der Waals surface area contributed by atoms with Crippen molar-refractivity contribution in [2.75, 3.05) is 6.54 Å². The number of hydrogen-bond acceptors (Lipinski definition) is 6. The molecule has 17 heavy (non-hydrogen) atoms. The molecular formula is C8H13FN4O4. The van der Waals surface area contributed by atoms with Crippen LogP contribution in [0.2, 0.25) is 0 Å². The number of halogens is 1. The Hall–Kier alpha value is -1.41. The smallest absolute Gasteiger partial charge is 0.303 e. The zero-order chi connectivity index (χ0) is 13.0. The molecule has 0 aliphatic carbocycles. The number of nitrogens with zero attached hydrogens (tertiary/aromatic N) is 3. The third-order valence-corrected chi connectivity index (χ3v) is 2.32. The SMILES string of the molecule is CC(=O)O[C@@H]1[C@H](F)[C@@H](N)[C@@H](O)O[C@@H]1CN=[N+]=[N-]. The second-order valence-electron chi connectivity index (χ2n) is 3.57. The standard InChI is InChI=1S/C8H13FN4O4/c1-3(14)16-7-4(2-12-13-11)17-8(15)6(10)5(7)9/h4-8,15H,2,10H2,1H3/t4-,5-,6-,7+,8+/m1/s1. The molecule has 3 N–H and O–H groups in total. The van der Waals surface area contributed by atoms with E-state index in [4.69, 9.17) is 20.7 Å². The third kappa shape index (κ3) is 3.27. The Morgan fingerprint density at radius 3 is 2.94 bits per heavy atom. The number of esters is 1. The van der Waals surface area contributed by atoms with Gasteiger partial charge in [-0.05, 0) is 5.53 Å². The highest BCUT2D eigenvalue weighted by Crippen LogP contribution is 2.24. The van der Waals surface area contributed by atoms with Gasteiger partial charge in [-0.1, -0.05) is 5.11 Å². The van der Waals surface area contributed by atoms with E-state index in [1.54, 1.807) is 0 Å². The molecule has 0 aromatic heterocycles. The zero-order valence-corrected chi connectivity index (χ0v) is 9.06. The van der Waals surface area contributed by atoms with E-state index < -0.39 is 36.7 Å². The average molecular weight is 248 g/mol. The summed E-state index contributed by atoms with van der Waals surface area (Å²) in [5.41, 5.74) is 13.5. The number of alkyl halides is 1. The molecule has 1 rings (SSSR count). The van der Waals surface area contributed by atoms with Gasteiger partial charge in [0.1, 0.15) is 6.10 Å². The maximum absolute atomic E-state index is 13.8. The molecular weight excluding hydrogens is 235 g/mol. The maximum Gasteiger partial charge on any atom is 0.303 e. The van der Waals surface area contributed by atoms with Gasteiger partial charge < -0.3 is 20.3 Å². The molecule has 0 spiro atoms. The lowest BCUT2D eigenvalue weighted by molar-refractivity contribution is -0.234. The first-order chi connectivity index (χ1) is 7.97. The van der Waals surface area contributed by atoms with Crippen molar-refractivity contribution in [3.8, 4) is 0 Å². The number of aliphatic hydroxyl groups is 1. The van der Waals surface area contributed by atoms with Gasteiger partial charge in [0, 0.05) is 11.8 Å². The highest BCUT2D eigenvalue weighted by Gasteiger charge is 2.45. The van der Waals surface area contributed by atoms with Crippen LogP contribution in [0.5, 0.6) is 0 Å². The van der Waals surface area contributed by atoms with E-state index in [1.807, 2.05) is 0 Å². The van der Waals surface area contributed by atoms with Crippen molar-refractivity contribution in [3.63, 3.8) is 0 Å². The number of rotatable bonds is 3. The van der Waals surface area contributed by atoms with Crippen molar-refractivity contribution in [1.29, 1.82) is 0 Å². The molecule has 0 bridgehead atoms. The molecule has 0 saturated carbocycles. The summed E-state index contributed by atoms with van der Waals surface area (Å²) in [7, 11) is 0. The molecule has 96 valence electrons. The second-order valence-corrected chi connectivity index (χ2v) is 3.57. The maximum atomic E-state index is 13.8. The predicted octanol–water partition coefficient (Wildman–Crippen LogP) is -0.389. The van der Waals surface area contributed by atoms with Crippen molar-refractivity contribution >= 4 is 5.97 Å². The van der Waals surface area contributed by atoms with Crippen LogP contribution >= 0.6 is 0 Å². The van der Waals surface area contributed by atoms with E-state index in [0.29, 0.717) is 0 Å². The Labute approximate surface area is 96.1 Å². The first-order valence-electron chi connectivity index (χ1n) is 4.88. The highest BCUT2D eigenvalue weighted by atomic mass is 19.1. The Morgan fingerprint density at radius 1 is 1.76 bits per heavy atom. The predicted molar refractivity (Wildman–Crippen MR) is 53.3 cm³/mol. The fraction of sp³-hybridized carbons (Fsp3) is 0.875. The average Bonchev–Trinajstić information content (AvgIpc) is 2.27. The van der Waals surface area contributed by atoms with Crippen LogP contribution in [0.4, 0.5) is 4.39 Å². The van der Waals surface area contributed by atoms with Crippen LogP contribution < -0.4 is 5.73 Å². The lowest BCUT2D eigenvalue weighted by Crippen LogP contribution is -2.61. The van der Waals surface area contributed by atoms with Crippen molar-refractivity contribution in [1.82, 2.24) is 0 Å². The number of ether oxygens (including phenoxy) is 2.